The number of halogens is 1. The number of hydrogen-bond donors (Lipinski definition) is 1. The van der Waals surface area contributed by atoms with Crippen LogP contribution in [0.1, 0.15) is 13.8 Å². The van der Waals surface area contributed by atoms with Gasteiger partial charge in [-0.15, -0.1) is 0 Å². The van der Waals surface area contributed by atoms with Gasteiger partial charge in [-0.3, -0.25) is 0 Å². The predicted molar refractivity (Wildman–Crippen MR) is 44.4 cm³/mol. The van der Waals surface area contributed by atoms with Crippen molar-refractivity contribution in [3.8, 4) is 5.75 Å². The largest absolute Gasteiger partial charge is 0.488 e. The third-order valence-corrected chi connectivity index (χ3v) is 1.24. The number of anilines is 1. The Kier molecular flexibility index (Phi) is 2.47. The fourth-order valence-corrected chi connectivity index (χ4v) is 0.786. The Labute approximate surface area is 70.4 Å². The van der Waals surface area contributed by atoms with E-state index in [4.69, 9.17) is 10.5 Å². The number of nitrogens with two attached hydrogens (primary N) is 1. The second kappa shape index (κ2) is 3.38. The first kappa shape index (κ1) is 8.77. The second-order valence-corrected chi connectivity index (χ2v) is 2.67. The molecule has 3 nitrogen and oxygen atoms in total. The molecule has 1 rings (SSSR count). The maximum absolute atomic E-state index is 13.0. The third kappa shape index (κ3) is 1.84. The van der Waals surface area contributed by atoms with E-state index in [0.717, 1.165) is 0 Å². The Morgan fingerprint density at radius 2 is 2.25 bits per heavy atom. The van der Waals surface area contributed by atoms with Crippen molar-refractivity contribution in [2.75, 3.05) is 5.73 Å². The number of nitrogen functional groups attached to an aromatic ring is 1. The topological polar surface area (TPSA) is 48.1 Å². The van der Waals surface area contributed by atoms with Gasteiger partial charge in [-0.2, -0.15) is 4.39 Å². The van der Waals surface area contributed by atoms with E-state index in [1.807, 2.05) is 13.8 Å². The lowest BCUT2D eigenvalue weighted by atomic mass is 10.4. The van der Waals surface area contributed by atoms with Crippen LogP contribution in [0, 0.1) is 5.82 Å². The summed E-state index contributed by atoms with van der Waals surface area (Å²) < 4.78 is 18.2. The maximum Gasteiger partial charge on any atom is 0.206 e. The molecule has 1 aromatic rings. The van der Waals surface area contributed by atoms with E-state index in [1.54, 1.807) is 0 Å². The number of hydrogen-bond acceptors (Lipinski definition) is 3. The lowest BCUT2D eigenvalue weighted by Crippen LogP contribution is -2.08. The minimum Gasteiger partial charge on any atom is -0.488 e. The predicted octanol–water partition coefficient (Wildman–Crippen LogP) is 1.59. The molecule has 0 spiro atoms. The normalized spacial score (nSPS) is 10.3. The second-order valence-electron chi connectivity index (χ2n) is 2.67. The van der Waals surface area contributed by atoms with Crippen LogP contribution in [0.3, 0.4) is 0 Å². The lowest BCUT2D eigenvalue weighted by Gasteiger charge is -2.10. The van der Waals surface area contributed by atoms with E-state index in [9.17, 15) is 4.39 Å². The average Bonchev–Trinajstić information content (AvgIpc) is 1.98. The minimum atomic E-state index is -0.591. The molecule has 0 fully saturated rings. The SMILES string of the molecule is CC(C)Oc1ccnc(N)c1F. The Bertz CT molecular complexity index is 276. The van der Waals surface area contributed by atoms with Crippen LogP contribution in [0.2, 0.25) is 0 Å². The first-order chi connectivity index (χ1) is 5.61. The number of rotatable bonds is 2. The molecular formula is C8H11FN2O. The number of aromatic nitrogens is 1. The van der Waals surface area contributed by atoms with Gasteiger partial charge in [0.1, 0.15) is 0 Å². The van der Waals surface area contributed by atoms with Crippen molar-refractivity contribution in [3.05, 3.63) is 18.1 Å². The van der Waals surface area contributed by atoms with Gasteiger partial charge in [-0.1, -0.05) is 0 Å². The summed E-state index contributed by atoms with van der Waals surface area (Å²) in [5, 5.41) is 0. The quantitative estimate of drug-likeness (QED) is 0.733. The van der Waals surface area contributed by atoms with Gasteiger partial charge < -0.3 is 10.5 Å². The van der Waals surface area contributed by atoms with Crippen molar-refractivity contribution in [3.63, 3.8) is 0 Å². The van der Waals surface area contributed by atoms with Crippen LogP contribution in [0.15, 0.2) is 12.3 Å². The molecule has 2 N–H and O–H groups in total. The Hall–Kier alpha value is -1.32. The van der Waals surface area contributed by atoms with Crippen molar-refractivity contribution in [2.45, 2.75) is 20.0 Å². The molecule has 1 aromatic heterocycles. The van der Waals surface area contributed by atoms with Crippen LogP contribution in [0.4, 0.5) is 10.2 Å². The molecule has 0 saturated carbocycles. The first-order valence-electron chi connectivity index (χ1n) is 3.68. The molecule has 0 aliphatic heterocycles. The fourth-order valence-electron chi connectivity index (χ4n) is 0.786. The molecule has 66 valence electrons. The standard InChI is InChI=1S/C8H11FN2O/c1-5(2)12-6-3-4-11-8(10)7(6)9/h3-5H,1-2H3,(H2,10,11). The summed E-state index contributed by atoms with van der Waals surface area (Å²) in [4.78, 5) is 3.57. The van der Waals surface area contributed by atoms with E-state index in [0.29, 0.717) is 0 Å². The van der Waals surface area contributed by atoms with Gasteiger partial charge in [0.05, 0.1) is 6.10 Å². The van der Waals surface area contributed by atoms with E-state index in [2.05, 4.69) is 4.98 Å². The van der Waals surface area contributed by atoms with Crippen LogP contribution in [0.25, 0.3) is 0 Å². The smallest absolute Gasteiger partial charge is 0.206 e. The Balaban J connectivity index is 2.92. The van der Waals surface area contributed by atoms with Gasteiger partial charge >= 0.3 is 0 Å². The minimum absolute atomic E-state index is 0.0682. The highest BCUT2D eigenvalue weighted by molar-refractivity contribution is 5.38. The van der Waals surface area contributed by atoms with Crippen molar-refractivity contribution >= 4 is 5.82 Å². The molecule has 0 aliphatic carbocycles. The van der Waals surface area contributed by atoms with Gasteiger partial charge in [0, 0.05) is 12.3 Å². The molecule has 0 unspecified atom stereocenters. The molecule has 4 heteroatoms. The van der Waals surface area contributed by atoms with Gasteiger partial charge in [0.15, 0.2) is 11.6 Å². The first-order valence-corrected chi connectivity index (χ1v) is 3.68. The highest BCUT2D eigenvalue weighted by atomic mass is 19.1. The molecule has 0 bridgehead atoms. The van der Waals surface area contributed by atoms with Crippen LogP contribution in [-0.2, 0) is 0 Å². The van der Waals surface area contributed by atoms with Gasteiger partial charge in [0.25, 0.3) is 0 Å². The van der Waals surface area contributed by atoms with E-state index < -0.39 is 5.82 Å². The van der Waals surface area contributed by atoms with Gasteiger partial charge in [-0.05, 0) is 13.8 Å². The zero-order valence-corrected chi connectivity index (χ0v) is 7.04. The number of pyridine rings is 1. The summed E-state index contributed by atoms with van der Waals surface area (Å²) >= 11 is 0. The van der Waals surface area contributed by atoms with Crippen LogP contribution < -0.4 is 10.5 Å². The molecule has 1 heterocycles. The number of ether oxygens (including phenoxy) is 1. The molecule has 0 radical (unpaired) electrons. The summed E-state index contributed by atoms with van der Waals surface area (Å²) in [6.07, 6.45) is 1.34. The summed E-state index contributed by atoms with van der Waals surface area (Å²) in [6.45, 7) is 3.63. The molecule has 0 aliphatic rings. The molecule has 0 atom stereocenters. The summed E-state index contributed by atoms with van der Waals surface area (Å²) in [6, 6.07) is 1.45. The summed E-state index contributed by atoms with van der Waals surface area (Å²) in [5.41, 5.74) is 5.23. The third-order valence-electron chi connectivity index (χ3n) is 1.24. The summed E-state index contributed by atoms with van der Waals surface area (Å²) in [7, 11) is 0. The fraction of sp³-hybridized carbons (Fsp3) is 0.375. The highest BCUT2D eigenvalue weighted by Gasteiger charge is 2.08. The summed E-state index contributed by atoms with van der Waals surface area (Å²) in [5.74, 6) is -0.572. The molecular weight excluding hydrogens is 159 g/mol. The molecule has 0 amide bonds. The van der Waals surface area contributed by atoms with E-state index in [-0.39, 0.29) is 17.7 Å². The van der Waals surface area contributed by atoms with Crippen molar-refractivity contribution in [1.29, 1.82) is 0 Å². The molecule has 12 heavy (non-hydrogen) atoms. The monoisotopic (exact) mass is 170 g/mol. The average molecular weight is 170 g/mol. The van der Waals surface area contributed by atoms with Crippen molar-refractivity contribution in [1.82, 2.24) is 4.98 Å². The highest BCUT2D eigenvalue weighted by Crippen LogP contribution is 2.20. The zero-order valence-electron chi connectivity index (χ0n) is 7.04. The van der Waals surface area contributed by atoms with Crippen LogP contribution in [0.5, 0.6) is 5.75 Å². The Morgan fingerprint density at radius 1 is 1.58 bits per heavy atom. The Morgan fingerprint density at radius 3 is 2.83 bits per heavy atom. The van der Waals surface area contributed by atoms with Crippen LogP contribution >= 0.6 is 0 Å². The molecule has 0 saturated heterocycles. The molecule has 0 aromatic carbocycles. The van der Waals surface area contributed by atoms with E-state index >= 15 is 0 Å². The van der Waals surface area contributed by atoms with Crippen molar-refractivity contribution in [2.24, 2.45) is 0 Å². The van der Waals surface area contributed by atoms with E-state index in [1.165, 1.54) is 12.3 Å². The lowest BCUT2D eigenvalue weighted by molar-refractivity contribution is 0.231. The maximum atomic E-state index is 13.0. The van der Waals surface area contributed by atoms with Gasteiger partial charge in [-0.25, -0.2) is 4.98 Å². The zero-order chi connectivity index (χ0) is 9.14. The van der Waals surface area contributed by atoms with Gasteiger partial charge in [0.2, 0.25) is 5.82 Å². The van der Waals surface area contributed by atoms with Crippen LogP contribution in [-0.4, -0.2) is 11.1 Å². The van der Waals surface area contributed by atoms with Crippen molar-refractivity contribution < 1.29 is 9.13 Å². The number of nitrogens with zero attached hydrogens (tertiary/aromatic N) is 1.